The van der Waals surface area contributed by atoms with Gasteiger partial charge in [-0.3, -0.25) is 13.9 Å². The predicted octanol–water partition coefficient (Wildman–Crippen LogP) is 0.233. The molecule has 1 aromatic carbocycles. The van der Waals surface area contributed by atoms with Crippen LogP contribution in [0.2, 0.25) is 0 Å². The summed E-state index contributed by atoms with van der Waals surface area (Å²) in [7, 11) is 6.61. The fourth-order valence-corrected chi connectivity index (χ4v) is 2.90. The summed E-state index contributed by atoms with van der Waals surface area (Å²) >= 11 is 0. The molecule has 0 fully saturated rings. The van der Waals surface area contributed by atoms with Gasteiger partial charge in [-0.15, -0.1) is 0 Å². The zero-order valence-electron chi connectivity index (χ0n) is 14.7. The first-order chi connectivity index (χ1) is 11.8. The molecule has 1 N–H and O–H groups in total. The first kappa shape index (κ1) is 17.0. The van der Waals surface area contributed by atoms with E-state index in [1.807, 2.05) is 30.3 Å². The molecule has 0 aliphatic rings. The van der Waals surface area contributed by atoms with E-state index in [1.54, 1.807) is 30.6 Å². The van der Waals surface area contributed by atoms with E-state index in [4.69, 9.17) is 0 Å². The lowest BCUT2D eigenvalue weighted by Gasteiger charge is -2.18. The average Bonchev–Trinajstić information content (AvgIpc) is 2.98. The molecule has 0 saturated carbocycles. The van der Waals surface area contributed by atoms with Crippen molar-refractivity contribution in [2.75, 3.05) is 19.0 Å². The van der Waals surface area contributed by atoms with E-state index in [-0.39, 0.29) is 6.54 Å². The number of aromatic nitrogens is 4. The molecule has 3 aromatic rings. The van der Waals surface area contributed by atoms with Gasteiger partial charge in [0.15, 0.2) is 11.2 Å². The van der Waals surface area contributed by atoms with Gasteiger partial charge in [-0.2, -0.15) is 4.98 Å². The number of benzene rings is 1. The summed E-state index contributed by atoms with van der Waals surface area (Å²) in [5.74, 6) is 0.503. The third kappa shape index (κ3) is 2.74. The minimum atomic E-state index is -0.806. The quantitative estimate of drug-likeness (QED) is 0.733. The van der Waals surface area contributed by atoms with Crippen molar-refractivity contribution >= 4 is 17.1 Å². The largest absolute Gasteiger partial charge is 0.387 e. The average molecular weight is 343 g/mol. The monoisotopic (exact) mass is 343 g/mol. The van der Waals surface area contributed by atoms with Gasteiger partial charge in [-0.05, 0) is 5.56 Å². The maximum absolute atomic E-state index is 12.7. The van der Waals surface area contributed by atoms with E-state index in [1.165, 1.54) is 11.6 Å². The highest BCUT2D eigenvalue weighted by atomic mass is 16.3. The Balaban J connectivity index is 2.24. The van der Waals surface area contributed by atoms with Crippen molar-refractivity contribution in [3.8, 4) is 0 Å². The highest BCUT2D eigenvalue weighted by Gasteiger charge is 2.22. The zero-order valence-corrected chi connectivity index (χ0v) is 14.7. The van der Waals surface area contributed by atoms with Crippen molar-refractivity contribution in [1.29, 1.82) is 0 Å². The Morgan fingerprint density at radius 3 is 2.36 bits per heavy atom. The summed E-state index contributed by atoms with van der Waals surface area (Å²) in [5, 5.41) is 10.6. The molecule has 3 rings (SSSR count). The smallest absolute Gasteiger partial charge is 0.332 e. The fourth-order valence-electron chi connectivity index (χ4n) is 2.90. The zero-order chi connectivity index (χ0) is 18.3. The normalized spacial score (nSPS) is 12.5. The van der Waals surface area contributed by atoms with Gasteiger partial charge in [0.1, 0.15) is 0 Å². The Labute approximate surface area is 144 Å². The van der Waals surface area contributed by atoms with Crippen LogP contribution in [-0.2, 0) is 20.6 Å². The summed E-state index contributed by atoms with van der Waals surface area (Å²) in [6.45, 7) is 0.154. The van der Waals surface area contributed by atoms with Crippen molar-refractivity contribution in [2.45, 2.75) is 12.6 Å². The Morgan fingerprint density at radius 2 is 1.76 bits per heavy atom. The van der Waals surface area contributed by atoms with Crippen LogP contribution >= 0.6 is 0 Å². The first-order valence-electron chi connectivity index (χ1n) is 7.89. The van der Waals surface area contributed by atoms with Crippen LogP contribution in [0.5, 0.6) is 0 Å². The molecule has 0 aliphatic carbocycles. The lowest BCUT2D eigenvalue weighted by atomic mass is 10.1. The Hall–Kier alpha value is -2.87. The molecule has 0 bridgehead atoms. The summed E-state index contributed by atoms with van der Waals surface area (Å²) < 4.78 is 4.05. The van der Waals surface area contributed by atoms with Crippen molar-refractivity contribution in [1.82, 2.24) is 18.7 Å². The molecule has 8 heteroatoms. The van der Waals surface area contributed by atoms with Gasteiger partial charge in [-0.1, -0.05) is 30.3 Å². The van der Waals surface area contributed by atoms with Crippen LogP contribution < -0.4 is 16.1 Å². The van der Waals surface area contributed by atoms with E-state index in [0.717, 1.165) is 10.1 Å². The van der Waals surface area contributed by atoms with E-state index in [0.29, 0.717) is 17.1 Å². The van der Waals surface area contributed by atoms with Crippen molar-refractivity contribution < 1.29 is 5.11 Å². The van der Waals surface area contributed by atoms with Crippen LogP contribution in [0.3, 0.4) is 0 Å². The van der Waals surface area contributed by atoms with Gasteiger partial charge in [0.05, 0.1) is 12.6 Å². The highest BCUT2D eigenvalue weighted by Crippen LogP contribution is 2.22. The second-order valence-corrected chi connectivity index (χ2v) is 6.22. The Bertz CT molecular complexity index is 1030. The van der Waals surface area contributed by atoms with Gasteiger partial charge in [-0.25, -0.2) is 4.79 Å². The van der Waals surface area contributed by atoms with E-state index < -0.39 is 17.4 Å². The number of nitrogens with zero attached hydrogens (tertiary/aromatic N) is 5. The molecule has 8 nitrogen and oxygen atoms in total. The second kappa shape index (κ2) is 6.21. The topological polar surface area (TPSA) is 85.3 Å². The third-order valence-electron chi connectivity index (χ3n) is 4.27. The molecule has 0 aliphatic heterocycles. The standard InChI is InChI=1S/C17H21N5O3/c1-19(2)16-18-14-13(15(24)21(4)17(25)20(14)3)22(16)10-12(23)11-8-6-5-7-9-11/h5-9,12,23H,10H2,1-4H3/t12-/m0/s1. The molecule has 0 unspecified atom stereocenters. The molecule has 0 radical (unpaired) electrons. The van der Waals surface area contributed by atoms with E-state index in [9.17, 15) is 14.7 Å². The molecule has 25 heavy (non-hydrogen) atoms. The molecular weight excluding hydrogens is 322 g/mol. The number of aliphatic hydroxyl groups is 1. The molecule has 2 heterocycles. The SMILES string of the molecule is CN(C)c1nc2c(c(=O)n(C)c(=O)n2C)n1C[C@H](O)c1ccccc1. The molecule has 0 spiro atoms. The maximum Gasteiger partial charge on any atom is 0.332 e. The third-order valence-corrected chi connectivity index (χ3v) is 4.27. The lowest BCUT2D eigenvalue weighted by Crippen LogP contribution is -2.37. The molecule has 132 valence electrons. The molecule has 0 saturated heterocycles. The van der Waals surface area contributed by atoms with Gasteiger partial charge < -0.3 is 14.6 Å². The highest BCUT2D eigenvalue weighted by molar-refractivity contribution is 5.74. The summed E-state index contributed by atoms with van der Waals surface area (Å²) in [6.07, 6.45) is -0.806. The van der Waals surface area contributed by atoms with Crippen LogP contribution in [0.4, 0.5) is 5.95 Å². The number of aryl methyl sites for hydroxylation is 1. The van der Waals surface area contributed by atoms with Gasteiger partial charge >= 0.3 is 5.69 Å². The van der Waals surface area contributed by atoms with E-state index in [2.05, 4.69) is 4.98 Å². The summed E-state index contributed by atoms with van der Waals surface area (Å²) in [5.41, 5.74) is 0.478. The number of anilines is 1. The molecule has 0 amide bonds. The maximum atomic E-state index is 12.7. The lowest BCUT2D eigenvalue weighted by molar-refractivity contribution is 0.158. The van der Waals surface area contributed by atoms with Crippen molar-refractivity contribution in [3.05, 3.63) is 56.7 Å². The second-order valence-electron chi connectivity index (χ2n) is 6.22. The van der Waals surface area contributed by atoms with Crippen LogP contribution in [0, 0.1) is 0 Å². The molecule has 1 atom stereocenters. The minimum Gasteiger partial charge on any atom is -0.387 e. The number of fused-ring (bicyclic) bond motifs is 1. The Morgan fingerprint density at radius 1 is 1.12 bits per heavy atom. The number of imidazole rings is 1. The summed E-state index contributed by atoms with van der Waals surface area (Å²) in [4.78, 5) is 31.0. The first-order valence-corrected chi connectivity index (χ1v) is 7.89. The van der Waals surface area contributed by atoms with Crippen LogP contribution in [-0.4, -0.2) is 37.9 Å². The van der Waals surface area contributed by atoms with Crippen LogP contribution in [0.25, 0.3) is 11.2 Å². The van der Waals surface area contributed by atoms with Gasteiger partial charge in [0, 0.05) is 28.2 Å². The number of aliphatic hydroxyl groups excluding tert-OH is 1. The van der Waals surface area contributed by atoms with Crippen molar-refractivity contribution in [2.24, 2.45) is 14.1 Å². The van der Waals surface area contributed by atoms with Gasteiger partial charge in [0.2, 0.25) is 5.95 Å². The van der Waals surface area contributed by atoms with E-state index >= 15 is 0 Å². The van der Waals surface area contributed by atoms with Crippen molar-refractivity contribution in [3.63, 3.8) is 0 Å². The number of hydrogen-bond acceptors (Lipinski definition) is 5. The fraction of sp³-hybridized carbons (Fsp3) is 0.353. The van der Waals surface area contributed by atoms with Gasteiger partial charge in [0.25, 0.3) is 5.56 Å². The molecular formula is C17H21N5O3. The predicted molar refractivity (Wildman–Crippen MR) is 95.9 cm³/mol. The summed E-state index contributed by atoms with van der Waals surface area (Å²) in [6, 6.07) is 9.22. The number of rotatable bonds is 4. The van der Waals surface area contributed by atoms with Crippen LogP contribution in [0.15, 0.2) is 39.9 Å². The minimum absolute atomic E-state index is 0.154. The van der Waals surface area contributed by atoms with Crippen LogP contribution in [0.1, 0.15) is 11.7 Å². The molecule has 2 aromatic heterocycles. The number of hydrogen-bond donors (Lipinski definition) is 1. The Kier molecular flexibility index (Phi) is 4.22.